The maximum atomic E-state index is 12.7. The van der Waals surface area contributed by atoms with Crippen molar-refractivity contribution in [3.63, 3.8) is 0 Å². The largest absolute Gasteiger partial charge is 0.507 e. The third-order valence-corrected chi connectivity index (χ3v) is 3.54. The van der Waals surface area contributed by atoms with Crippen LogP contribution < -0.4 is 10.1 Å². The highest BCUT2D eigenvalue weighted by molar-refractivity contribution is 5.84. The van der Waals surface area contributed by atoms with E-state index >= 15 is 0 Å². The molecular formula is C17H16F3N3O4. The number of hydrogen-bond acceptors (Lipinski definition) is 6. The molecule has 27 heavy (non-hydrogen) atoms. The standard InChI is InChI=1S/C17H16F3N3O4/c1-27-13-3-5-16(24)11(8-13)10-21-6-7-22-14-4-2-12(17(18,19)20)9-15(14)23(25)26/h2-5,8-10,22,24H,6-7H2,1H3. The average Bonchev–Trinajstić information content (AvgIpc) is 2.62. The van der Waals surface area contributed by atoms with Crippen molar-refractivity contribution in [2.24, 2.45) is 4.99 Å². The van der Waals surface area contributed by atoms with Crippen LogP contribution in [0.1, 0.15) is 11.1 Å². The molecule has 0 saturated carbocycles. The van der Waals surface area contributed by atoms with Gasteiger partial charge in [-0.15, -0.1) is 0 Å². The number of benzene rings is 2. The zero-order valence-corrected chi connectivity index (χ0v) is 14.2. The molecule has 2 rings (SSSR count). The smallest absolute Gasteiger partial charge is 0.416 e. The zero-order chi connectivity index (χ0) is 20.0. The molecule has 0 saturated heterocycles. The van der Waals surface area contributed by atoms with Crippen LogP contribution in [-0.4, -0.2) is 36.4 Å². The second-order valence-electron chi connectivity index (χ2n) is 5.37. The first-order valence-corrected chi connectivity index (χ1v) is 7.68. The fourth-order valence-electron chi connectivity index (χ4n) is 2.19. The van der Waals surface area contributed by atoms with Crippen LogP contribution in [0, 0.1) is 10.1 Å². The van der Waals surface area contributed by atoms with Crippen molar-refractivity contribution in [1.29, 1.82) is 0 Å². The number of aliphatic imine (C=N–C) groups is 1. The molecule has 10 heteroatoms. The minimum atomic E-state index is -4.66. The summed E-state index contributed by atoms with van der Waals surface area (Å²) in [6.45, 7) is 0.322. The molecule has 0 radical (unpaired) electrons. The van der Waals surface area contributed by atoms with E-state index in [9.17, 15) is 28.4 Å². The van der Waals surface area contributed by atoms with Crippen molar-refractivity contribution in [3.05, 3.63) is 57.6 Å². The number of nitrogens with zero attached hydrogens (tertiary/aromatic N) is 2. The van der Waals surface area contributed by atoms with Crippen molar-refractivity contribution in [2.45, 2.75) is 6.18 Å². The summed E-state index contributed by atoms with van der Waals surface area (Å²) in [4.78, 5) is 14.2. The van der Waals surface area contributed by atoms with Gasteiger partial charge in [-0.25, -0.2) is 0 Å². The van der Waals surface area contributed by atoms with E-state index in [4.69, 9.17) is 4.74 Å². The molecule has 0 aliphatic heterocycles. The molecule has 2 N–H and O–H groups in total. The molecule has 0 aliphatic carbocycles. The monoisotopic (exact) mass is 383 g/mol. The quantitative estimate of drug-likeness (QED) is 0.328. The predicted octanol–water partition coefficient (Wildman–Crippen LogP) is 3.86. The normalized spacial score (nSPS) is 11.6. The SMILES string of the molecule is COc1ccc(O)c(C=NCCNc2ccc(C(F)(F)F)cc2[N+](=O)[O-])c1. The van der Waals surface area contributed by atoms with Crippen molar-refractivity contribution in [3.8, 4) is 11.5 Å². The molecule has 7 nitrogen and oxygen atoms in total. The summed E-state index contributed by atoms with van der Waals surface area (Å²) in [6, 6.07) is 6.88. The molecule has 0 aliphatic rings. The summed E-state index contributed by atoms with van der Waals surface area (Å²) in [5.74, 6) is 0.540. The topological polar surface area (TPSA) is 97.0 Å². The summed E-state index contributed by atoms with van der Waals surface area (Å²) >= 11 is 0. The van der Waals surface area contributed by atoms with Crippen molar-refractivity contribution < 1.29 is 27.9 Å². The Balaban J connectivity index is 2.02. The maximum Gasteiger partial charge on any atom is 0.416 e. The van der Waals surface area contributed by atoms with E-state index in [0.717, 1.165) is 12.1 Å². The molecule has 0 atom stereocenters. The molecule has 0 aromatic heterocycles. The number of methoxy groups -OCH3 is 1. The van der Waals surface area contributed by atoms with E-state index in [1.165, 1.54) is 19.4 Å². The van der Waals surface area contributed by atoms with Crippen LogP contribution in [0.4, 0.5) is 24.5 Å². The highest BCUT2D eigenvalue weighted by Crippen LogP contribution is 2.34. The van der Waals surface area contributed by atoms with E-state index in [0.29, 0.717) is 17.4 Å². The van der Waals surface area contributed by atoms with Gasteiger partial charge >= 0.3 is 6.18 Å². The minimum absolute atomic E-state index is 0.00545. The Morgan fingerprint density at radius 3 is 2.67 bits per heavy atom. The Kier molecular flexibility index (Phi) is 6.22. The van der Waals surface area contributed by atoms with Crippen LogP contribution in [0.25, 0.3) is 0 Å². The first kappa shape index (κ1) is 20.0. The second-order valence-corrected chi connectivity index (χ2v) is 5.37. The molecule has 0 spiro atoms. The Morgan fingerprint density at radius 2 is 2.04 bits per heavy atom. The van der Waals surface area contributed by atoms with Crippen LogP contribution in [0.2, 0.25) is 0 Å². The third-order valence-electron chi connectivity index (χ3n) is 3.54. The molecule has 2 aromatic carbocycles. The number of nitro benzene ring substituents is 1. The number of nitro groups is 1. The number of ether oxygens (including phenoxy) is 1. The second kappa shape index (κ2) is 8.39. The molecule has 0 bridgehead atoms. The van der Waals surface area contributed by atoms with Crippen LogP contribution in [0.3, 0.4) is 0 Å². The van der Waals surface area contributed by atoms with Gasteiger partial charge in [0.1, 0.15) is 17.2 Å². The van der Waals surface area contributed by atoms with Gasteiger partial charge in [-0.2, -0.15) is 13.2 Å². The van der Waals surface area contributed by atoms with Crippen LogP contribution in [0.5, 0.6) is 11.5 Å². The first-order valence-electron chi connectivity index (χ1n) is 7.68. The lowest BCUT2D eigenvalue weighted by Gasteiger charge is -2.10. The maximum absolute atomic E-state index is 12.7. The zero-order valence-electron chi connectivity index (χ0n) is 14.2. The molecule has 0 amide bonds. The van der Waals surface area contributed by atoms with Crippen LogP contribution in [-0.2, 0) is 6.18 Å². The van der Waals surface area contributed by atoms with Gasteiger partial charge in [0.25, 0.3) is 5.69 Å². The Morgan fingerprint density at radius 1 is 1.30 bits per heavy atom. The fourth-order valence-corrected chi connectivity index (χ4v) is 2.19. The molecule has 0 unspecified atom stereocenters. The van der Waals surface area contributed by atoms with Crippen LogP contribution in [0.15, 0.2) is 41.4 Å². The number of hydrogen-bond donors (Lipinski definition) is 2. The number of alkyl halides is 3. The minimum Gasteiger partial charge on any atom is -0.507 e. The molecule has 144 valence electrons. The number of nitrogens with one attached hydrogen (secondary N) is 1. The van der Waals surface area contributed by atoms with Crippen molar-refractivity contribution >= 4 is 17.6 Å². The van der Waals surface area contributed by atoms with Gasteiger partial charge in [-0.3, -0.25) is 15.1 Å². The summed E-state index contributed by atoms with van der Waals surface area (Å²) in [5, 5.41) is 23.4. The fraction of sp³-hybridized carbons (Fsp3) is 0.235. The summed E-state index contributed by atoms with van der Waals surface area (Å²) in [6.07, 6.45) is -3.26. The summed E-state index contributed by atoms with van der Waals surface area (Å²) in [5.41, 5.74) is -1.37. The highest BCUT2D eigenvalue weighted by atomic mass is 19.4. The van der Waals surface area contributed by atoms with E-state index in [1.807, 2.05) is 0 Å². The van der Waals surface area contributed by atoms with Gasteiger partial charge in [-0.05, 0) is 30.3 Å². The van der Waals surface area contributed by atoms with Gasteiger partial charge in [0, 0.05) is 24.4 Å². The van der Waals surface area contributed by atoms with E-state index < -0.39 is 22.4 Å². The number of aromatic hydroxyl groups is 1. The molecule has 0 fully saturated rings. The summed E-state index contributed by atoms with van der Waals surface area (Å²) < 4.78 is 43.1. The molecule has 0 heterocycles. The lowest BCUT2D eigenvalue weighted by atomic mass is 10.1. The van der Waals surface area contributed by atoms with Crippen molar-refractivity contribution in [2.75, 3.05) is 25.5 Å². The van der Waals surface area contributed by atoms with Crippen LogP contribution >= 0.6 is 0 Å². The van der Waals surface area contributed by atoms with E-state index in [2.05, 4.69) is 10.3 Å². The predicted molar refractivity (Wildman–Crippen MR) is 93.7 cm³/mol. The number of halogens is 3. The van der Waals surface area contributed by atoms with Gasteiger partial charge < -0.3 is 15.2 Å². The molecule has 2 aromatic rings. The first-order chi connectivity index (χ1) is 12.7. The van der Waals surface area contributed by atoms with E-state index in [1.54, 1.807) is 12.1 Å². The van der Waals surface area contributed by atoms with Gasteiger partial charge in [0.15, 0.2) is 0 Å². The van der Waals surface area contributed by atoms with Gasteiger partial charge in [-0.1, -0.05) is 0 Å². The number of rotatable bonds is 7. The Bertz CT molecular complexity index is 854. The Labute approximate surface area is 152 Å². The lowest BCUT2D eigenvalue weighted by molar-refractivity contribution is -0.384. The summed E-state index contributed by atoms with van der Waals surface area (Å²) in [7, 11) is 1.48. The lowest BCUT2D eigenvalue weighted by Crippen LogP contribution is -2.10. The number of phenols is 1. The van der Waals surface area contributed by atoms with Gasteiger partial charge in [0.05, 0.1) is 24.1 Å². The number of anilines is 1. The molecular weight excluding hydrogens is 367 g/mol. The average molecular weight is 383 g/mol. The van der Waals surface area contributed by atoms with Gasteiger partial charge in [0.2, 0.25) is 0 Å². The highest BCUT2D eigenvalue weighted by Gasteiger charge is 2.32. The van der Waals surface area contributed by atoms with E-state index in [-0.39, 0.29) is 24.5 Å². The van der Waals surface area contributed by atoms with Crippen molar-refractivity contribution in [1.82, 2.24) is 0 Å². The third kappa shape index (κ3) is 5.33. The number of phenolic OH excluding ortho intramolecular Hbond substituents is 1. The Hall–Kier alpha value is -3.30.